The fraction of sp³-hybridized carbons (Fsp3) is 1.00. The van der Waals surface area contributed by atoms with Crippen LogP contribution in [-0.4, -0.2) is 18.1 Å². The van der Waals surface area contributed by atoms with Gasteiger partial charge >= 0.3 is 0 Å². The Labute approximate surface area is 113 Å². The predicted molar refractivity (Wildman–Crippen MR) is 78.6 cm³/mol. The van der Waals surface area contributed by atoms with E-state index in [1.165, 1.54) is 57.8 Å². The molecule has 106 valence electrons. The Morgan fingerprint density at radius 2 is 1.72 bits per heavy atom. The molecule has 3 atom stereocenters. The number of nitrogens with two attached hydrogens (primary N) is 1. The van der Waals surface area contributed by atoms with Gasteiger partial charge in [-0.15, -0.1) is 0 Å². The molecular formula is C16H32N2. The average Bonchev–Trinajstić information content (AvgIpc) is 2.61. The van der Waals surface area contributed by atoms with E-state index in [2.05, 4.69) is 19.2 Å². The molecule has 0 amide bonds. The van der Waals surface area contributed by atoms with Gasteiger partial charge in [-0.3, -0.25) is 0 Å². The second kappa shape index (κ2) is 6.38. The summed E-state index contributed by atoms with van der Waals surface area (Å²) in [4.78, 5) is 0. The van der Waals surface area contributed by atoms with Crippen LogP contribution in [-0.2, 0) is 0 Å². The first-order valence-corrected chi connectivity index (χ1v) is 8.14. The molecule has 2 rings (SSSR count). The van der Waals surface area contributed by atoms with Crippen molar-refractivity contribution in [1.29, 1.82) is 0 Å². The first kappa shape index (κ1) is 14.3. The van der Waals surface area contributed by atoms with E-state index in [1.54, 1.807) is 0 Å². The highest BCUT2D eigenvalue weighted by Gasteiger charge is 2.40. The Morgan fingerprint density at radius 3 is 2.28 bits per heavy atom. The average molecular weight is 252 g/mol. The van der Waals surface area contributed by atoms with E-state index < -0.39 is 0 Å². The number of hydrogen-bond donors (Lipinski definition) is 2. The summed E-state index contributed by atoms with van der Waals surface area (Å²) in [5.74, 6) is 1.62. The highest BCUT2D eigenvalue weighted by molar-refractivity contribution is 4.99. The maximum Gasteiger partial charge on any atom is 0.0332 e. The molecule has 2 heteroatoms. The van der Waals surface area contributed by atoms with Crippen molar-refractivity contribution in [1.82, 2.24) is 5.32 Å². The molecule has 0 aromatic rings. The van der Waals surface area contributed by atoms with Gasteiger partial charge in [0.1, 0.15) is 0 Å². The second-order valence-corrected chi connectivity index (χ2v) is 6.97. The minimum atomic E-state index is 0.238. The Hall–Kier alpha value is -0.0800. The van der Waals surface area contributed by atoms with Crippen LogP contribution in [0.15, 0.2) is 0 Å². The third-order valence-electron chi connectivity index (χ3n) is 5.49. The summed E-state index contributed by atoms with van der Waals surface area (Å²) in [5, 5.41) is 4.01. The van der Waals surface area contributed by atoms with Crippen molar-refractivity contribution in [2.75, 3.05) is 6.54 Å². The minimum Gasteiger partial charge on any atom is -0.329 e. The smallest absolute Gasteiger partial charge is 0.0332 e. The quantitative estimate of drug-likeness (QED) is 0.755. The predicted octanol–water partition coefficient (Wildman–Crippen LogP) is 3.45. The van der Waals surface area contributed by atoms with Gasteiger partial charge in [0.2, 0.25) is 0 Å². The molecule has 0 radical (unpaired) electrons. The molecule has 3 unspecified atom stereocenters. The highest BCUT2D eigenvalue weighted by atomic mass is 15.0. The van der Waals surface area contributed by atoms with Crippen LogP contribution >= 0.6 is 0 Å². The van der Waals surface area contributed by atoms with Crippen molar-refractivity contribution in [3.63, 3.8) is 0 Å². The number of hydrogen-bond acceptors (Lipinski definition) is 2. The molecule has 0 spiro atoms. The molecular weight excluding hydrogens is 220 g/mol. The monoisotopic (exact) mass is 252 g/mol. The second-order valence-electron chi connectivity index (χ2n) is 6.97. The van der Waals surface area contributed by atoms with Gasteiger partial charge in [-0.1, -0.05) is 39.5 Å². The molecule has 3 N–H and O–H groups in total. The van der Waals surface area contributed by atoms with Crippen LogP contribution in [0, 0.1) is 11.8 Å². The zero-order valence-corrected chi connectivity index (χ0v) is 12.4. The van der Waals surface area contributed by atoms with Gasteiger partial charge in [-0.2, -0.15) is 0 Å². The van der Waals surface area contributed by atoms with E-state index in [0.717, 1.165) is 24.4 Å². The van der Waals surface area contributed by atoms with Gasteiger partial charge in [-0.05, 0) is 43.9 Å². The van der Waals surface area contributed by atoms with E-state index >= 15 is 0 Å². The summed E-state index contributed by atoms with van der Waals surface area (Å²) in [6.45, 7) is 5.62. The highest BCUT2D eigenvalue weighted by Crippen LogP contribution is 2.37. The van der Waals surface area contributed by atoms with Crippen LogP contribution < -0.4 is 11.1 Å². The van der Waals surface area contributed by atoms with Crippen LogP contribution in [0.1, 0.15) is 71.6 Å². The first-order valence-electron chi connectivity index (χ1n) is 8.14. The maximum atomic E-state index is 6.17. The fourth-order valence-corrected chi connectivity index (χ4v) is 4.10. The third-order valence-corrected chi connectivity index (χ3v) is 5.49. The SMILES string of the molecule is CC1CCC(CN)(NC2CCCCCC2)C(C)C1. The molecule has 2 nitrogen and oxygen atoms in total. The summed E-state index contributed by atoms with van der Waals surface area (Å²) in [7, 11) is 0. The molecule has 0 saturated heterocycles. The molecule has 2 aliphatic carbocycles. The topological polar surface area (TPSA) is 38.0 Å². The van der Waals surface area contributed by atoms with Gasteiger partial charge in [0, 0.05) is 18.1 Å². The molecule has 18 heavy (non-hydrogen) atoms. The van der Waals surface area contributed by atoms with Crippen LogP contribution in [0.4, 0.5) is 0 Å². The van der Waals surface area contributed by atoms with Crippen molar-refractivity contribution < 1.29 is 0 Å². The molecule has 0 heterocycles. The Bertz CT molecular complexity index is 245. The van der Waals surface area contributed by atoms with Gasteiger partial charge < -0.3 is 11.1 Å². The molecule has 0 aliphatic heterocycles. The van der Waals surface area contributed by atoms with Crippen LogP contribution in [0.25, 0.3) is 0 Å². The Kier molecular flexibility index (Phi) is 5.08. The molecule has 0 bridgehead atoms. The van der Waals surface area contributed by atoms with Crippen molar-refractivity contribution in [2.24, 2.45) is 17.6 Å². The lowest BCUT2D eigenvalue weighted by atomic mass is 9.69. The lowest BCUT2D eigenvalue weighted by Crippen LogP contribution is -2.60. The summed E-state index contributed by atoms with van der Waals surface area (Å²) < 4.78 is 0. The lowest BCUT2D eigenvalue weighted by molar-refractivity contribution is 0.112. The van der Waals surface area contributed by atoms with Crippen molar-refractivity contribution in [3.8, 4) is 0 Å². The van der Waals surface area contributed by atoms with E-state index in [9.17, 15) is 0 Å². The van der Waals surface area contributed by atoms with Crippen molar-refractivity contribution in [2.45, 2.75) is 83.2 Å². The summed E-state index contributed by atoms with van der Waals surface area (Å²) in [5.41, 5.74) is 6.41. The maximum absolute atomic E-state index is 6.17. The normalized spacial score (nSPS) is 39.5. The summed E-state index contributed by atoms with van der Waals surface area (Å²) in [6, 6.07) is 0.729. The van der Waals surface area contributed by atoms with Gasteiger partial charge in [0.15, 0.2) is 0 Å². The minimum absolute atomic E-state index is 0.238. The van der Waals surface area contributed by atoms with Gasteiger partial charge in [0.05, 0.1) is 0 Å². The largest absolute Gasteiger partial charge is 0.329 e. The number of nitrogens with one attached hydrogen (secondary N) is 1. The van der Waals surface area contributed by atoms with Gasteiger partial charge in [-0.25, -0.2) is 0 Å². The lowest BCUT2D eigenvalue weighted by Gasteiger charge is -2.47. The Morgan fingerprint density at radius 1 is 1.06 bits per heavy atom. The van der Waals surface area contributed by atoms with E-state index in [0.29, 0.717) is 0 Å². The van der Waals surface area contributed by atoms with Gasteiger partial charge in [0.25, 0.3) is 0 Å². The fourth-order valence-electron chi connectivity index (χ4n) is 4.10. The number of rotatable bonds is 3. The van der Waals surface area contributed by atoms with E-state index in [1.807, 2.05) is 0 Å². The van der Waals surface area contributed by atoms with Crippen LogP contribution in [0.3, 0.4) is 0 Å². The molecule has 2 saturated carbocycles. The van der Waals surface area contributed by atoms with Crippen molar-refractivity contribution >= 4 is 0 Å². The zero-order valence-electron chi connectivity index (χ0n) is 12.4. The van der Waals surface area contributed by atoms with E-state index in [-0.39, 0.29) is 5.54 Å². The molecule has 0 aromatic carbocycles. The molecule has 2 fully saturated rings. The van der Waals surface area contributed by atoms with Crippen LogP contribution in [0.2, 0.25) is 0 Å². The zero-order chi connectivity index (χ0) is 13.0. The van der Waals surface area contributed by atoms with Crippen molar-refractivity contribution in [3.05, 3.63) is 0 Å². The molecule has 2 aliphatic rings. The standard InChI is InChI=1S/C16H32N2/c1-13-9-10-16(12-17,14(2)11-13)18-15-7-5-3-4-6-8-15/h13-15,18H,3-12,17H2,1-2H3. The first-order chi connectivity index (χ1) is 8.66. The molecule has 0 aromatic heterocycles. The van der Waals surface area contributed by atoms with E-state index in [4.69, 9.17) is 5.73 Å². The third kappa shape index (κ3) is 3.27. The Balaban J connectivity index is 1.98. The summed E-state index contributed by atoms with van der Waals surface area (Å²) in [6.07, 6.45) is 12.4. The van der Waals surface area contributed by atoms with Crippen LogP contribution in [0.5, 0.6) is 0 Å². The summed E-state index contributed by atoms with van der Waals surface area (Å²) >= 11 is 0.